The Balaban J connectivity index is 1.96. The molecule has 0 unspecified atom stereocenters. The number of nitrogens with zero attached hydrogens (tertiary/aromatic N) is 1. The third kappa shape index (κ3) is 5.86. The summed E-state index contributed by atoms with van der Waals surface area (Å²) in [4.78, 5) is 16.7. The van der Waals surface area contributed by atoms with Gasteiger partial charge < -0.3 is 10.4 Å². The molecule has 1 amide bonds. The number of hydrogen-bond donors (Lipinski definition) is 2. The summed E-state index contributed by atoms with van der Waals surface area (Å²) in [6, 6.07) is 18.2. The molecule has 0 saturated carbocycles. The molecular weight excluding hydrogens is 436 g/mol. The van der Waals surface area contributed by atoms with Gasteiger partial charge in [0.05, 0.1) is 17.2 Å². The average molecular weight is 463 g/mol. The zero-order valence-corrected chi connectivity index (χ0v) is 19.6. The van der Waals surface area contributed by atoms with Crippen LogP contribution in [0.3, 0.4) is 0 Å². The number of hydrogen-bond acceptors (Lipinski definition) is 4. The Hall–Kier alpha value is -3.47. The summed E-state index contributed by atoms with van der Waals surface area (Å²) in [5.41, 5.74) is 1.82. The van der Waals surface area contributed by atoms with Crippen LogP contribution in [0, 0.1) is 27.3 Å². The highest BCUT2D eigenvalue weighted by Crippen LogP contribution is 2.26. The van der Waals surface area contributed by atoms with Gasteiger partial charge in [-0.1, -0.05) is 53.6 Å². The highest BCUT2D eigenvalue weighted by atomic mass is 32.2. The van der Waals surface area contributed by atoms with E-state index in [1.54, 1.807) is 49.4 Å². The molecule has 0 bridgehead atoms. The second-order valence-electron chi connectivity index (χ2n) is 8.33. The van der Waals surface area contributed by atoms with Gasteiger partial charge in [0.1, 0.15) is 0 Å². The Kier molecular flexibility index (Phi) is 7.01. The van der Waals surface area contributed by atoms with Crippen molar-refractivity contribution in [2.75, 3.05) is 11.1 Å². The number of benzene rings is 3. The van der Waals surface area contributed by atoms with Crippen molar-refractivity contribution in [1.82, 2.24) is 0 Å². The minimum absolute atomic E-state index is 0.0421. The van der Waals surface area contributed by atoms with Crippen LogP contribution < -0.4 is 5.32 Å². The maximum Gasteiger partial charge on any atom is 0.257 e. The van der Waals surface area contributed by atoms with Gasteiger partial charge in [-0.05, 0) is 56.2 Å². The van der Waals surface area contributed by atoms with Crippen LogP contribution in [0.4, 0.5) is 11.4 Å². The lowest BCUT2D eigenvalue weighted by atomic mass is 9.94. The lowest BCUT2D eigenvalue weighted by Gasteiger charge is -2.27. The Morgan fingerprint density at radius 3 is 2.09 bits per heavy atom. The first-order valence-corrected chi connectivity index (χ1v) is 12.0. The summed E-state index contributed by atoms with van der Waals surface area (Å²) >= 11 is 0. The van der Waals surface area contributed by atoms with Crippen LogP contribution in [0.5, 0.6) is 0 Å². The van der Waals surface area contributed by atoms with E-state index in [0.29, 0.717) is 22.5 Å². The number of rotatable bonds is 7. The zero-order valence-electron chi connectivity index (χ0n) is 18.8. The second kappa shape index (κ2) is 9.57. The van der Waals surface area contributed by atoms with Crippen molar-refractivity contribution in [2.24, 2.45) is 0 Å². The number of anilines is 1. The smallest absolute Gasteiger partial charge is 0.257 e. The predicted molar refractivity (Wildman–Crippen MR) is 129 cm³/mol. The molecule has 0 saturated heterocycles. The largest absolute Gasteiger partial charge is 0.379 e. The first kappa shape index (κ1) is 24.2. The molecule has 170 valence electrons. The fourth-order valence-corrected chi connectivity index (χ4v) is 5.07. The Morgan fingerprint density at radius 2 is 1.55 bits per heavy atom. The van der Waals surface area contributed by atoms with E-state index >= 15 is 0 Å². The summed E-state index contributed by atoms with van der Waals surface area (Å²) < 4.78 is 26.2. The fourth-order valence-electron chi connectivity index (χ4n) is 3.49. The van der Waals surface area contributed by atoms with Crippen LogP contribution in [-0.2, 0) is 21.1 Å². The van der Waals surface area contributed by atoms with Crippen LogP contribution in [0.15, 0.2) is 71.6 Å². The summed E-state index contributed by atoms with van der Waals surface area (Å²) in [7, 11) is -3.97. The number of carbonyl (C=O) groups is 1. The summed E-state index contributed by atoms with van der Waals surface area (Å²) in [6.07, 6.45) is -0.177. The second-order valence-corrected chi connectivity index (χ2v) is 10.3. The molecule has 0 spiro atoms. The van der Waals surface area contributed by atoms with E-state index in [1.807, 2.05) is 26.0 Å². The predicted octanol–water partition coefficient (Wildman–Crippen LogP) is 4.55. The SMILES string of the molecule is [C-]#[N+]c1ccc(NC(=O)[C@](O)(Cc2ccc(C)cc2)CS(=O)(=O)c2ccc(C)cc2)cc1C. The molecule has 0 aliphatic carbocycles. The molecule has 3 aromatic rings. The van der Waals surface area contributed by atoms with Gasteiger partial charge in [-0.3, -0.25) is 4.79 Å². The lowest BCUT2D eigenvalue weighted by Crippen LogP contribution is -2.50. The molecule has 0 radical (unpaired) electrons. The van der Waals surface area contributed by atoms with Gasteiger partial charge in [0, 0.05) is 12.1 Å². The molecule has 7 heteroatoms. The Bertz CT molecular complexity index is 1310. The highest BCUT2D eigenvalue weighted by Gasteiger charge is 2.41. The number of carbonyl (C=O) groups excluding carboxylic acids is 1. The van der Waals surface area contributed by atoms with Crippen molar-refractivity contribution in [2.45, 2.75) is 37.7 Å². The normalized spacial score (nSPS) is 13.1. The van der Waals surface area contributed by atoms with Crippen LogP contribution >= 0.6 is 0 Å². The molecule has 3 aromatic carbocycles. The van der Waals surface area contributed by atoms with Crippen LogP contribution in [0.2, 0.25) is 0 Å². The van der Waals surface area contributed by atoms with Crippen molar-refractivity contribution in [3.05, 3.63) is 100 Å². The molecule has 0 fully saturated rings. The minimum Gasteiger partial charge on any atom is -0.379 e. The van der Waals surface area contributed by atoms with Crippen molar-refractivity contribution < 1.29 is 18.3 Å². The maximum atomic E-state index is 13.2. The van der Waals surface area contributed by atoms with E-state index in [9.17, 15) is 18.3 Å². The van der Waals surface area contributed by atoms with Gasteiger partial charge in [0.15, 0.2) is 21.1 Å². The van der Waals surface area contributed by atoms with E-state index in [0.717, 1.165) is 11.1 Å². The van der Waals surface area contributed by atoms with Crippen molar-refractivity contribution in [3.8, 4) is 0 Å². The molecule has 0 aliphatic rings. The van der Waals surface area contributed by atoms with E-state index < -0.39 is 27.1 Å². The first-order chi connectivity index (χ1) is 15.5. The molecule has 1 atom stereocenters. The zero-order chi connectivity index (χ0) is 24.2. The molecular formula is C26H26N2O4S. The van der Waals surface area contributed by atoms with Gasteiger partial charge in [0.25, 0.3) is 5.91 Å². The van der Waals surface area contributed by atoms with Gasteiger partial charge in [-0.15, -0.1) is 0 Å². The Labute approximate surface area is 194 Å². The van der Waals surface area contributed by atoms with E-state index in [2.05, 4.69) is 10.2 Å². The van der Waals surface area contributed by atoms with E-state index in [1.165, 1.54) is 12.1 Å². The number of aryl methyl sites for hydroxylation is 3. The third-order valence-electron chi connectivity index (χ3n) is 5.42. The Morgan fingerprint density at radius 1 is 0.970 bits per heavy atom. The van der Waals surface area contributed by atoms with Gasteiger partial charge >= 0.3 is 0 Å². The lowest BCUT2D eigenvalue weighted by molar-refractivity contribution is -0.131. The van der Waals surface area contributed by atoms with Crippen molar-refractivity contribution in [1.29, 1.82) is 0 Å². The number of nitrogens with one attached hydrogen (secondary N) is 1. The molecule has 0 aliphatic heterocycles. The number of amides is 1. The fraction of sp³-hybridized carbons (Fsp3) is 0.231. The van der Waals surface area contributed by atoms with Crippen LogP contribution in [0.1, 0.15) is 22.3 Å². The van der Waals surface area contributed by atoms with Crippen LogP contribution in [0.25, 0.3) is 4.85 Å². The number of aliphatic hydroxyl groups is 1. The van der Waals surface area contributed by atoms with Gasteiger partial charge in [-0.2, -0.15) is 0 Å². The standard InChI is InChI=1S/C26H26N2O4S/c1-18-5-9-21(10-6-18)16-26(30,17-33(31,32)23-12-7-19(2)8-13-23)25(29)28-22-11-14-24(27-4)20(3)15-22/h5-15,30H,16-17H2,1-3H3,(H,28,29)/t26-/m0/s1. The molecule has 3 rings (SSSR count). The monoisotopic (exact) mass is 462 g/mol. The molecule has 0 heterocycles. The van der Waals surface area contributed by atoms with Gasteiger partial charge in [0.2, 0.25) is 0 Å². The molecule has 33 heavy (non-hydrogen) atoms. The maximum absolute atomic E-state index is 13.2. The third-order valence-corrected chi connectivity index (χ3v) is 7.27. The van der Waals surface area contributed by atoms with Crippen molar-refractivity contribution >= 4 is 27.1 Å². The highest BCUT2D eigenvalue weighted by molar-refractivity contribution is 7.91. The topological polar surface area (TPSA) is 87.8 Å². The molecule has 2 N–H and O–H groups in total. The minimum atomic E-state index is -3.97. The molecule has 0 aromatic heterocycles. The van der Waals surface area contributed by atoms with Crippen molar-refractivity contribution in [3.63, 3.8) is 0 Å². The summed E-state index contributed by atoms with van der Waals surface area (Å²) in [5.74, 6) is -1.60. The first-order valence-electron chi connectivity index (χ1n) is 10.4. The quantitative estimate of drug-likeness (QED) is 0.504. The average Bonchev–Trinajstić information content (AvgIpc) is 2.75. The van der Waals surface area contributed by atoms with Crippen LogP contribution in [-0.4, -0.2) is 30.8 Å². The summed E-state index contributed by atoms with van der Waals surface area (Å²) in [5, 5.41) is 14.1. The van der Waals surface area contributed by atoms with E-state index in [4.69, 9.17) is 6.57 Å². The molecule has 6 nitrogen and oxygen atoms in total. The van der Waals surface area contributed by atoms with Gasteiger partial charge in [-0.25, -0.2) is 13.3 Å². The number of sulfone groups is 1. The summed E-state index contributed by atoms with van der Waals surface area (Å²) in [6.45, 7) is 12.7. The van der Waals surface area contributed by atoms with E-state index in [-0.39, 0.29) is 11.3 Å².